The molecule has 1 aliphatic rings. The van der Waals surface area contributed by atoms with Crippen molar-refractivity contribution in [3.05, 3.63) is 53.6 Å². The summed E-state index contributed by atoms with van der Waals surface area (Å²) in [5.41, 5.74) is 2.60. The summed E-state index contributed by atoms with van der Waals surface area (Å²) >= 11 is 0. The van der Waals surface area contributed by atoms with Gasteiger partial charge in [-0.1, -0.05) is 43.7 Å². The van der Waals surface area contributed by atoms with Crippen LogP contribution in [0.4, 0.5) is 0 Å². The second kappa shape index (κ2) is 9.33. The zero-order valence-corrected chi connectivity index (χ0v) is 16.1. The van der Waals surface area contributed by atoms with Crippen LogP contribution in [0.5, 0.6) is 0 Å². The number of nitrogens with one attached hydrogen (secondary N) is 1. The highest BCUT2D eigenvalue weighted by Gasteiger charge is 2.34. The Morgan fingerprint density at radius 1 is 1.23 bits per heavy atom. The molecule has 0 amide bonds. The zero-order valence-electron chi connectivity index (χ0n) is 16.1. The van der Waals surface area contributed by atoms with E-state index in [2.05, 4.69) is 52.1 Å². The molecule has 4 heteroatoms. The molecule has 2 aromatic rings. The lowest BCUT2D eigenvalue weighted by atomic mass is 9.76. The van der Waals surface area contributed by atoms with Gasteiger partial charge in [-0.3, -0.25) is 4.90 Å². The van der Waals surface area contributed by atoms with E-state index >= 15 is 0 Å². The molecule has 0 bridgehead atoms. The van der Waals surface area contributed by atoms with E-state index in [9.17, 15) is 5.11 Å². The third-order valence-electron chi connectivity index (χ3n) is 5.70. The van der Waals surface area contributed by atoms with Gasteiger partial charge in [0.1, 0.15) is 5.82 Å². The van der Waals surface area contributed by atoms with Crippen molar-refractivity contribution in [1.82, 2.24) is 14.9 Å². The van der Waals surface area contributed by atoms with Crippen LogP contribution in [0, 0.1) is 5.41 Å². The van der Waals surface area contributed by atoms with Gasteiger partial charge < -0.3 is 10.1 Å². The Labute approximate surface area is 157 Å². The molecule has 0 aliphatic carbocycles. The summed E-state index contributed by atoms with van der Waals surface area (Å²) in [7, 11) is 0. The molecule has 2 N–H and O–H groups in total. The van der Waals surface area contributed by atoms with Crippen molar-refractivity contribution in [3.63, 3.8) is 0 Å². The maximum Gasteiger partial charge on any atom is 0.106 e. The normalized spacial score (nSPS) is 21.2. The predicted molar refractivity (Wildman–Crippen MR) is 106 cm³/mol. The Balaban J connectivity index is 1.57. The lowest BCUT2D eigenvalue weighted by molar-refractivity contribution is 0.0219. The van der Waals surface area contributed by atoms with Crippen molar-refractivity contribution in [1.29, 1.82) is 0 Å². The van der Waals surface area contributed by atoms with E-state index in [0.717, 1.165) is 57.6 Å². The number of H-pyrrole nitrogens is 1. The molecule has 1 saturated heterocycles. The Hall–Kier alpha value is -1.65. The first-order chi connectivity index (χ1) is 12.7. The Kier molecular flexibility index (Phi) is 6.86. The smallest absolute Gasteiger partial charge is 0.106 e. The molecule has 1 aromatic heterocycles. The molecule has 1 aromatic carbocycles. The van der Waals surface area contributed by atoms with Gasteiger partial charge in [0.05, 0.1) is 0 Å². The van der Waals surface area contributed by atoms with Gasteiger partial charge in [0.15, 0.2) is 0 Å². The first kappa shape index (κ1) is 19.1. The van der Waals surface area contributed by atoms with Crippen molar-refractivity contribution >= 4 is 0 Å². The highest BCUT2D eigenvalue weighted by atomic mass is 16.3. The molecular formula is C22H33N3O. The van der Waals surface area contributed by atoms with Crippen LogP contribution in [0.3, 0.4) is 0 Å². The van der Waals surface area contributed by atoms with Gasteiger partial charge in [-0.05, 0) is 44.2 Å². The van der Waals surface area contributed by atoms with Crippen LogP contribution >= 0.6 is 0 Å². The third-order valence-corrected chi connectivity index (χ3v) is 5.70. The fourth-order valence-corrected chi connectivity index (χ4v) is 4.11. The lowest BCUT2D eigenvalue weighted by Gasteiger charge is -2.42. The van der Waals surface area contributed by atoms with Crippen LogP contribution in [0.25, 0.3) is 0 Å². The number of aliphatic hydroxyl groups excluding tert-OH is 1. The number of hydrogen-bond donors (Lipinski definition) is 2. The van der Waals surface area contributed by atoms with E-state index in [1.807, 2.05) is 6.20 Å². The molecule has 4 nitrogen and oxygen atoms in total. The average molecular weight is 356 g/mol. The highest BCUT2D eigenvalue weighted by molar-refractivity contribution is 5.15. The molecule has 1 atom stereocenters. The molecule has 0 radical (unpaired) electrons. The standard InChI is InChI=1S/C22H33N3O/c1-2-3-10-21-23-15-20(24-21)16-25-14-7-12-22(17-25,18-26)13-11-19-8-5-4-6-9-19/h4-6,8-9,15,26H,2-3,7,10-14,16-18H2,1H3,(H,23,24). The SMILES string of the molecule is CCCCc1ncc(CN2CCCC(CO)(CCc3ccccc3)C2)[nH]1. The van der Waals surface area contributed by atoms with Gasteiger partial charge in [-0.25, -0.2) is 4.98 Å². The predicted octanol–water partition coefficient (Wildman–Crippen LogP) is 3.96. The minimum atomic E-state index is 0.0269. The van der Waals surface area contributed by atoms with Crippen LogP contribution in [-0.4, -0.2) is 39.7 Å². The van der Waals surface area contributed by atoms with Crippen LogP contribution < -0.4 is 0 Å². The number of hydrogen-bond acceptors (Lipinski definition) is 3. The summed E-state index contributed by atoms with van der Waals surface area (Å²) in [4.78, 5) is 10.5. The number of benzene rings is 1. The quantitative estimate of drug-likeness (QED) is 0.716. The lowest BCUT2D eigenvalue weighted by Crippen LogP contribution is -2.45. The number of aromatic amines is 1. The maximum absolute atomic E-state index is 10.2. The van der Waals surface area contributed by atoms with E-state index < -0.39 is 0 Å². The zero-order chi connectivity index (χ0) is 18.2. The minimum Gasteiger partial charge on any atom is -0.396 e. The highest BCUT2D eigenvalue weighted by Crippen LogP contribution is 2.34. The Bertz CT molecular complexity index is 654. The van der Waals surface area contributed by atoms with Crippen LogP contribution in [0.2, 0.25) is 0 Å². The first-order valence-corrected chi connectivity index (χ1v) is 10.1. The summed E-state index contributed by atoms with van der Waals surface area (Å²) < 4.78 is 0. The maximum atomic E-state index is 10.2. The Morgan fingerprint density at radius 2 is 2.08 bits per heavy atom. The molecule has 1 aliphatic heterocycles. The molecule has 2 heterocycles. The molecule has 1 unspecified atom stereocenters. The van der Waals surface area contributed by atoms with Crippen molar-refractivity contribution < 1.29 is 5.11 Å². The molecule has 1 fully saturated rings. The van der Waals surface area contributed by atoms with E-state index in [-0.39, 0.29) is 12.0 Å². The molecule has 142 valence electrons. The van der Waals surface area contributed by atoms with Gasteiger partial charge in [0, 0.05) is 43.4 Å². The topological polar surface area (TPSA) is 52.1 Å². The van der Waals surface area contributed by atoms with E-state index in [1.165, 1.54) is 24.1 Å². The number of unbranched alkanes of at least 4 members (excludes halogenated alkanes) is 1. The number of nitrogens with zero attached hydrogens (tertiary/aromatic N) is 2. The summed E-state index contributed by atoms with van der Waals surface area (Å²) in [5, 5.41) is 10.2. The molecule has 0 saturated carbocycles. The fraction of sp³-hybridized carbons (Fsp3) is 0.591. The second-order valence-corrected chi connectivity index (χ2v) is 7.92. The molecule has 0 spiro atoms. The van der Waals surface area contributed by atoms with Crippen molar-refractivity contribution in [2.45, 2.75) is 58.4 Å². The molecular weight excluding hydrogens is 322 g/mol. The molecule has 26 heavy (non-hydrogen) atoms. The molecule has 3 rings (SSSR count). The minimum absolute atomic E-state index is 0.0269. The number of likely N-dealkylation sites (tertiary alicyclic amines) is 1. The summed E-state index contributed by atoms with van der Waals surface area (Å²) in [6.07, 6.45) is 9.78. The third kappa shape index (κ3) is 5.18. The number of piperidine rings is 1. The fourth-order valence-electron chi connectivity index (χ4n) is 4.11. The largest absolute Gasteiger partial charge is 0.396 e. The monoisotopic (exact) mass is 355 g/mol. The van der Waals surface area contributed by atoms with Crippen molar-refractivity contribution in [3.8, 4) is 0 Å². The number of imidazole rings is 1. The van der Waals surface area contributed by atoms with Gasteiger partial charge in [-0.2, -0.15) is 0 Å². The first-order valence-electron chi connectivity index (χ1n) is 10.1. The van der Waals surface area contributed by atoms with E-state index in [4.69, 9.17) is 0 Å². The number of aryl methyl sites for hydroxylation is 2. The average Bonchev–Trinajstić information content (AvgIpc) is 3.13. The van der Waals surface area contributed by atoms with E-state index in [0.29, 0.717) is 0 Å². The van der Waals surface area contributed by atoms with Gasteiger partial charge in [0.2, 0.25) is 0 Å². The van der Waals surface area contributed by atoms with Crippen molar-refractivity contribution in [2.24, 2.45) is 5.41 Å². The number of rotatable bonds is 9. The van der Waals surface area contributed by atoms with Crippen LogP contribution in [0.15, 0.2) is 36.5 Å². The van der Waals surface area contributed by atoms with Crippen LogP contribution in [0.1, 0.15) is 56.1 Å². The summed E-state index contributed by atoms with van der Waals surface area (Å²) in [5.74, 6) is 1.11. The van der Waals surface area contributed by atoms with Gasteiger partial charge in [-0.15, -0.1) is 0 Å². The Morgan fingerprint density at radius 3 is 2.85 bits per heavy atom. The number of aliphatic hydroxyl groups is 1. The van der Waals surface area contributed by atoms with Crippen molar-refractivity contribution in [2.75, 3.05) is 19.7 Å². The second-order valence-electron chi connectivity index (χ2n) is 7.92. The number of aromatic nitrogens is 2. The van der Waals surface area contributed by atoms with Gasteiger partial charge in [0.25, 0.3) is 0 Å². The summed E-state index contributed by atoms with van der Waals surface area (Å²) in [6.45, 7) is 5.48. The van der Waals surface area contributed by atoms with E-state index in [1.54, 1.807) is 0 Å². The van der Waals surface area contributed by atoms with Gasteiger partial charge >= 0.3 is 0 Å². The van der Waals surface area contributed by atoms with Crippen LogP contribution in [-0.2, 0) is 19.4 Å². The summed E-state index contributed by atoms with van der Waals surface area (Å²) in [6, 6.07) is 10.6.